The first-order valence-corrected chi connectivity index (χ1v) is 7.21. The van der Waals surface area contributed by atoms with E-state index in [0.717, 1.165) is 24.1 Å². The molecule has 0 saturated heterocycles. The van der Waals surface area contributed by atoms with E-state index in [-0.39, 0.29) is 17.9 Å². The molecule has 1 aromatic rings. The van der Waals surface area contributed by atoms with Crippen molar-refractivity contribution in [3.05, 3.63) is 59.8 Å². The summed E-state index contributed by atoms with van der Waals surface area (Å²) < 4.78 is 0. The zero-order valence-corrected chi connectivity index (χ0v) is 13.3. The number of carbonyl (C=O) groups is 1. The summed E-state index contributed by atoms with van der Waals surface area (Å²) in [5.74, 6) is -0.333. The average molecular weight is 286 g/mol. The number of aryl methyl sites for hydroxylation is 1. The third-order valence-corrected chi connectivity index (χ3v) is 3.18. The highest BCUT2D eigenvalue weighted by Gasteiger charge is 2.24. The Bertz CT molecular complexity index is 515. The molecule has 2 rings (SSSR count). The van der Waals surface area contributed by atoms with Gasteiger partial charge in [0.05, 0.1) is 6.54 Å². The number of nitrogens with one attached hydrogen (secondary N) is 1. The molecular weight excluding hydrogens is 260 g/mol. The van der Waals surface area contributed by atoms with Gasteiger partial charge < -0.3 is 11.1 Å². The lowest BCUT2D eigenvalue weighted by Crippen LogP contribution is -2.31. The van der Waals surface area contributed by atoms with E-state index >= 15 is 0 Å². The van der Waals surface area contributed by atoms with Crippen LogP contribution in [0.1, 0.15) is 32.3 Å². The number of carbonyl (C=O) groups excluding carboxylic acids is 1. The van der Waals surface area contributed by atoms with E-state index in [4.69, 9.17) is 5.73 Å². The van der Waals surface area contributed by atoms with Gasteiger partial charge >= 0.3 is 0 Å². The van der Waals surface area contributed by atoms with Gasteiger partial charge in [0, 0.05) is 5.70 Å². The Morgan fingerprint density at radius 2 is 1.90 bits per heavy atom. The van der Waals surface area contributed by atoms with Crippen molar-refractivity contribution in [1.82, 2.24) is 5.32 Å². The van der Waals surface area contributed by atoms with Crippen LogP contribution in [0.2, 0.25) is 0 Å². The highest BCUT2D eigenvalue weighted by atomic mass is 16.1. The molecule has 0 unspecified atom stereocenters. The maximum absolute atomic E-state index is 10.6. The van der Waals surface area contributed by atoms with Crippen molar-refractivity contribution in [2.45, 2.75) is 33.6 Å². The van der Waals surface area contributed by atoms with Crippen molar-refractivity contribution in [3.8, 4) is 0 Å². The van der Waals surface area contributed by atoms with Gasteiger partial charge in [-0.3, -0.25) is 4.79 Å². The molecule has 21 heavy (non-hydrogen) atoms. The summed E-state index contributed by atoms with van der Waals surface area (Å²) >= 11 is 0. The molecule has 0 heterocycles. The molecule has 0 fully saturated rings. The maximum Gasteiger partial charge on any atom is 0.236 e. The second kappa shape index (κ2) is 7.67. The summed E-state index contributed by atoms with van der Waals surface area (Å²) in [6, 6.07) is 10.3. The number of amides is 1. The third-order valence-electron chi connectivity index (χ3n) is 3.18. The van der Waals surface area contributed by atoms with E-state index < -0.39 is 0 Å². The number of nitrogens with two attached hydrogens (primary N) is 1. The lowest BCUT2D eigenvalue weighted by molar-refractivity contribution is -0.117. The summed E-state index contributed by atoms with van der Waals surface area (Å²) in [5.41, 5.74) is 8.78. The molecule has 0 spiro atoms. The Morgan fingerprint density at radius 3 is 2.33 bits per heavy atom. The molecule has 0 aliphatic heterocycles. The molecule has 3 nitrogen and oxygen atoms in total. The largest absolute Gasteiger partial charge is 0.380 e. The molecule has 3 N–H and O–H groups in total. The predicted octanol–water partition coefficient (Wildman–Crippen LogP) is 3.32. The van der Waals surface area contributed by atoms with Gasteiger partial charge in [0.25, 0.3) is 0 Å². The van der Waals surface area contributed by atoms with E-state index in [1.807, 2.05) is 24.3 Å². The molecule has 114 valence electrons. The number of allylic oxidation sites excluding steroid dienone is 3. The smallest absolute Gasteiger partial charge is 0.236 e. The van der Waals surface area contributed by atoms with Gasteiger partial charge in [0.2, 0.25) is 5.91 Å². The van der Waals surface area contributed by atoms with Crippen molar-refractivity contribution >= 4 is 5.91 Å². The van der Waals surface area contributed by atoms with Crippen molar-refractivity contribution in [3.63, 3.8) is 0 Å². The molecular formula is C18H26N2O. The quantitative estimate of drug-likeness (QED) is 0.895. The van der Waals surface area contributed by atoms with Crippen LogP contribution in [0.5, 0.6) is 0 Å². The van der Waals surface area contributed by atoms with Crippen LogP contribution in [-0.4, -0.2) is 12.5 Å². The number of rotatable bonds is 3. The zero-order valence-electron chi connectivity index (χ0n) is 13.3. The molecule has 1 aromatic carbocycles. The fourth-order valence-electron chi connectivity index (χ4n) is 2.39. The first-order chi connectivity index (χ1) is 9.78. The van der Waals surface area contributed by atoms with Crippen LogP contribution in [0.3, 0.4) is 0 Å². The average Bonchev–Trinajstić information content (AvgIpc) is 2.36. The summed E-state index contributed by atoms with van der Waals surface area (Å²) in [7, 11) is 0. The number of hydrogen-bond donors (Lipinski definition) is 2. The fourth-order valence-corrected chi connectivity index (χ4v) is 2.39. The van der Waals surface area contributed by atoms with Crippen LogP contribution < -0.4 is 11.1 Å². The minimum absolute atomic E-state index is 0.204. The molecule has 0 aromatic heterocycles. The van der Waals surface area contributed by atoms with E-state index in [1.54, 1.807) is 0 Å². The van der Waals surface area contributed by atoms with Gasteiger partial charge in [-0.25, -0.2) is 0 Å². The summed E-state index contributed by atoms with van der Waals surface area (Å²) in [6.07, 6.45) is 3.96. The predicted molar refractivity (Wildman–Crippen MR) is 88.6 cm³/mol. The summed E-state index contributed by atoms with van der Waals surface area (Å²) in [5, 5.41) is 3.03. The van der Waals surface area contributed by atoms with Crippen LogP contribution in [0.25, 0.3) is 0 Å². The Hall–Kier alpha value is -2.03. The molecule has 0 saturated carbocycles. The first kappa shape index (κ1) is 17.0. The maximum atomic E-state index is 10.6. The van der Waals surface area contributed by atoms with Crippen LogP contribution in [-0.2, 0) is 4.79 Å². The highest BCUT2D eigenvalue weighted by Crippen LogP contribution is 2.36. The van der Waals surface area contributed by atoms with Gasteiger partial charge in [-0.15, -0.1) is 0 Å². The standard InChI is InChI=1S/C11H18N2O.C7H8/c1-8-4-9(13-7-10(12)14)6-11(2,3)5-8;1-7-5-3-2-4-6-7/h4,13H,1,5-7H2,2-3H3,(H2,12,14);2-6H,1H3. The minimum atomic E-state index is -0.333. The zero-order chi connectivity index (χ0) is 15.9. The molecule has 3 heteroatoms. The fraction of sp³-hybridized carbons (Fsp3) is 0.389. The monoisotopic (exact) mass is 286 g/mol. The normalized spacial score (nSPS) is 16.3. The Balaban J connectivity index is 0.000000262. The first-order valence-electron chi connectivity index (χ1n) is 7.21. The lowest BCUT2D eigenvalue weighted by atomic mass is 9.77. The number of benzene rings is 1. The molecule has 1 amide bonds. The second-order valence-corrected chi connectivity index (χ2v) is 6.32. The number of primary amides is 1. The van der Waals surface area contributed by atoms with Crippen LogP contribution in [0.4, 0.5) is 0 Å². The van der Waals surface area contributed by atoms with Crippen LogP contribution in [0, 0.1) is 12.3 Å². The van der Waals surface area contributed by atoms with E-state index in [9.17, 15) is 4.79 Å². The highest BCUT2D eigenvalue weighted by molar-refractivity contribution is 5.76. The molecule has 1 aliphatic carbocycles. The van der Waals surface area contributed by atoms with Gasteiger partial charge in [-0.1, -0.05) is 61.9 Å². The van der Waals surface area contributed by atoms with Gasteiger partial charge in [-0.2, -0.15) is 0 Å². The number of hydrogen-bond acceptors (Lipinski definition) is 2. The summed E-state index contributed by atoms with van der Waals surface area (Å²) in [4.78, 5) is 10.6. The molecule has 0 radical (unpaired) electrons. The lowest BCUT2D eigenvalue weighted by Gasteiger charge is -2.31. The molecule has 0 atom stereocenters. The molecule has 1 aliphatic rings. The van der Waals surface area contributed by atoms with E-state index in [2.05, 4.69) is 44.8 Å². The second-order valence-electron chi connectivity index (χ2n) is 6.32. The van der Waals surface area contributed by atoms with Crippen molar-refractivity contribution in [1.29, 1.82) is 0 Å². The minimum Gasteiger partial charge on any atom is -0.380 e. The van der Waals surface area contributed by atoms with Crippen LogP contribution in [0.15, 0.2) is 54.3 Å². The Labute approximate surface area is 127 Å². The van der Waals surface area contributed by atoms with Crippen LogP contribution >= 0.6 is 0 Å². The van der Waals surface area contributed by atoms with Gasteiger partial charge in [-0.05, 0) is 31.3 Å². The van der Waals surface area contributed by atoms with E-state index in [1.165, 1.54) is 5.56 Å². The Morgan fingerprint density at radius 1 is 1.29 bits per heavy atom. The topological polar surface area (TPSA) is 55.1 Å². The Kier molecular flexibility index (Phi) is 6.22. The van der Waals surface area contributed by atoms with Crippen molar-refractivity contribution in [2.75, 3.05) is 6.54 Å². The van der Waals surface area contributed by atoms with Crippen molar-refractivity contribution < 1.29 is 4.79 Å². The van der Waals surface area contributed by atoms with Gasteiger partial charge in [0.1, 0.15) is 0 Å². The van der Waals surface area contributed by atoms with E-state index in [0.29, 0.717) is 0 Å². The van der Waals surface area contributed by atoms with Crippen molar-refractivity contribution in [2.24, 2.45) is 11.1 Å². The SMILES string of the molecule is C=C1C=C(NCC(N)=O)CC(C)(C)C1.Cc1ccccc1. The molecule has 0 bridgehead atoms. The van der Waals surface area contributed by atoms with Gasteiger partial charge in [0.15, 0.2) is 0 Å². The summed E-state index contributed by atoms with van der Waals surface area (Å²) in [6.45, 7) is 10.6. The third kappa shape index (κ3) is 7.35.